The molecule has 1 aliphatic rings. The van der Waals surface area contributed by atoms with Gasteiger partial charge in [-0.25, -0.2) is 9.67 Å². The zero-order chi connectivity index (χ0) is 25.5. The highest BCUT2D eigenvalue weighted by Crippen LogP contribution is 2.31. The Morgan fingerprint density at radius 3 is 2.56 bits per heavy atom. The first kappa shape index (κ1) is 25.7. The van der Waals surface area contributed by atoms with Crippen molar-refractivity contribution < 1.29 is 23.1 Å². The fraction of sp³-hybridized carbons (Fsp3) is 0.423. The number of aliphatic carboxylic acids is 1. The van der Waals surface area contributed by atoms with Crippen LogP contribution in [0.3, 0.4) is 0 Å². The van der Waals surface area contributed by atoms with Crippen LogP contribution < -0.4 is 10.2 Å². The third kappa shape index (κ3) is 6.63. The van der Waals surface area contributed by atoms with Gasteiger partial charge in [0.1, 0.15) is 5.82 Å². The van der Waals surface area contributed by atoms with Crippen molar-refractivity contribution in [2.45, 2.75) is 63.8 Å². The monoisotopic (exact) mass is 501 g/mol. The first-order valence-corrected chi connectivity index (χ1v) is 12.2. The zero-order valence-electron chi connectivity index (χ0n) is 19.9. The van der Waals surface area contributed by atoms with E-state index in [-0.39, 0.29) is 6.42 Å². The summed E-state index contributed by atoms with van der Waals surface area (Å²) in [6.45, 7) is 1.49. The van der Waals surface area contributed by atoms with E-state index >= 15 is 0 Å². The average molecular weight is 502 g/mol. The minimum absolute atomic E-state index is 0.0506. The van der Waals surface area contributed by atoms with E-state index in [0.717, 1.165) is 55.0 Å². The molecular formula is C26H30F3N5O2. The topological polar surface area (TPSA) is 83.3 Å². The number of nitrogens with one attached hydrogen (secondary N) is 1. The third-order valence-electron chi connectivity index (χ3n) is 6.45. The molecule has 2 aromatic heterocycles. The van der Waals surface area contributed by atoms with Gasteiger partial charge in [0, 0.05) is 43.6 Å². The Labute approximate surface area is 208 Å². The standard InChI is InChI=1S/C26H30F3N5O2/c27-26(28,29)21-16-32-34(18-21)23-10-8-19(9-11-23)17-33(22-6-2-1-3-7-22)25-20(5-4-13-31-25)15-30-14-12-24(35)36/h4-5,8-11,13,16,18,22,30H,1-3,6-7,12,14-15,17H2,(H,35,36). The van der Waals surface area contributed by atoms with E-state index < -0.39 is 17.7 Å². The van der Waals surface area contributed by atoms with E-state index in [0.29, 0.717) is 31.4 Å². The van der Waals surface area contributed by atoms with Crippen LogP contribution in [0.2, 0.25) is 0 Å². The number of alkyl halides is 3. The summed E-state index contributed by atoms with van der Waals surface area (Å²) < 4.78 is 40.0. The van der Waals surface area contributed by atoms with Crippen LogP contribution in [0, 0.1) is 0 Å². The summed E-state index contributed by atoms with van der Waals surface area (Å²) in [6, 6.07) is 11.6. The van der Waals surface area contributed by atoms with E-state index in [1.807, 2.05) is 24.3 Å². The Balaban J connectivity index is 1.53. The van der Waals surface area contributed by atoms with Crippen molar-refractivity contribution in [3.05, 3.63) is 71.7 Å². The summed E-state index contributed by atoms with van der Waals surface area (Å²) in [7, 11) is 0. The van der Waals surface area contributed by atoms with Gasteiger partial charge < -0.3 is 15.3 Å². The smallest absolute Gasteiger partial charge is 0.419 e. The van der Waals surface area contributed by atoms with Crippen molar-refractivity contribution in [2.75, 3.05) is 11.4 Å². The number of hydrogen-bond acceptors (Lipinski definition) is 5. The lowest BCUT2D eigenvalue weighted by Gasteiger charge is -2.36. The number of carboxylic acid groups (broad SMARTS) is 1. The van der Waals surface area contributed by atoms with Crippen LogP contribution in [0.15, 0.2) is 55.0 Å². The number of nitrogens with zero attached hydrogens (tertiary/aromatic N) is 4. The Morgan fingerprint density at radius 1 is 1.14 bits per heavy atom. The summed E-state index contributed by atoms with van der Waals surface area (Å²) in [6.07, 6.45) is 4.85. The van der Waals surface area contributed by atoms with Crippen molar-refractivity contribution in [3.63, 3.8) is 0 Å². The van der Waals surface area contributed by atoms with Crippen LogP contribution >= 0.6 is 0 Å². The van der Waals surface area contributed by atoms with Gasteiger partial charge in [0.15, 0.2) is 0 Å². The van der Waals surface area contributed by atoms with E-state index in [1.54, 1.807) is 18.3 Å². The van der Waals surface area contributed by atoms with Gasteiger partial charge >= 0.3 is 12.1 Å². The van der Waals surface area contributed by atoms with Gasteiger partial charge in [-0.15, -0.1) is 0 Å². The highest BCUT2D eigenvalue weighted by Gasteiger charge is 2.32. The minimum Gasteiger partial charge on any atom is -0.481 e. The third-order valence-corrected chi connectivity index (χ3v) is 6.45. The van der Waals surface area contributed by atoms with E-state index in [1.165, 1.54) is 11.1 Å². The van der Waals surface area contributed by atoms with E-state index in [9.17, 15) is 18.0 Å². The number of rotatable bonds is 10. The number of hydrogen-bond donors (Lipinski definition) is 2. The van der Waals surface area contributed by atoms with Crippen molar-refractivity contribution >= 4 is 11.8 Å². The van der Waals surface area contributed by atoms with Crippen LogP contribution in [0.25, 0.3) is 5.69 Å². The molecule has 3 aromatic rings. The second-order valence-corrected chi connectivity index (χ2v) is 9.06. The molecule has 0 unspecified atom stereocenters. The largest absolute Gasteiger partial charge is 0.481 e. The van der Waals surface area contributed by atoms with Gasteiger partial charge in [-0.2, -0.15) is 18.3 Å². The average Bonchev–Trinajstić information content (AvgIpc) is 3.38. The van der Waals surface area contributed by atoms with Crippen LogP contribution in [-0.2, 0) is 24.1 Å². The van der Waals surface area contributed by atoms with Crippen LogP contribution in [0.5, 0.6) is 0 Å². The lowest BCUT2D eigenvalue weighted by Crippen LogP contribution is -2.38. The number of carboxylic acids is 1. The number of carbonyl (C=O) groups is 1. The molecule has 1 saturated carbocycles. The molecule has 2 heterocycles. The van der Waals surface area contributed by atoms with E-state index in [2.05, 4.69) is 15.3 Å². The van der Waals surface area contributed by atoms with Gasteiger partial charge in [0.2, 0.25) is 0 Å². The first-order valence-electron chi connectivity index (χ1n) is 12.2. The Kier molecular flexibility index (Phi) is 8.25. The van der Waals surface area contributed by atoms with Crippen molar-refractivity contribution in [1.29, 1.82) is 0 Å². The quantitative estimate of drug-likeness (QED) is 0.372. The second kappa shape index (κ2) is 11.6. The lowest BCUT2D eigenvalue weighted by atomic mass is 9.93. The molecule has 0 atom stereocenters. The van der Waals surface area contributed by atoms with Gasteiger partial charge in [0.05, 0.1) is 23.9 Å². The van der Waals surface area contributed by atoms with Crippen LogP contribution in [0.4, 0.5) is 19.0 Å². The molecule has 0 saturated heterocycles. The van der Waals surface area contributed by atoms with Gasteiger partial charge in [-0.05, 0) is 36.6 Å². The molecule has 10 heteroatoms. The fourth-order valence-corrected chi connectivity index (χ4v) is 4.58. The fourth-order valence-electron chi connectivity index (χ4n) is 4.58. The molecule has 0 radical (unpaired) electrons. The molecule has 1 fully saturated rings. The molecule has 7 nitrogen and oxygen atoms in total. The molecule has 36 heavy (non-hydrogen) atoms. The molecule has 0 amide bonds. The number of aromatic nitrogens is 3. The molecule has 4 rings (SSSR count). The Bertz CT molecular complexity index is 1140. The lowest BCUT2D eigenvalue weighted by molar-refractivity contribution is -0.138. The van der Waals surface area contributed by atoms with Crippen molar-refractivity contribution in [1.82, 2.24) is 20.1 Å². The molecule has 1 aromatic carbocycles. The molecular weight excluding hydrogens is 471 g/mol. The van der Waals surface area contributed by atoms with Crippen LogP contribution in [-0.4, -0.2) is 38.4 Å². The number of benzene rings is 1. The predicted molar refractivity (Wildman–Crippen MR) is 130 cm³/mol. The Hall–Kier alpha value is -3.40. The SMILES string of the molecule is O=C(O)CCNCc1cccnc1N(Cc1ccc(-n2cc(C(F)(F)F)cn2)cc1)C1CCCCC1. The zero-order valence-corrected chi connectivity index (χ0v) is 19.9. The summed E-state index contributed by atoms with van der Waals surface area (Å²) in [5.74, 6) is 0.0316. The normalized spacial score (nSPS) is 14.6. The summed E-state index contributed by atoms with van der Waals surface area (Å²) in [4.78, 5) is 17.9. The molecule has 0 aliphatic heterocycles. The second-order valence-electron chi connectivity index (χ2n) is 9.06. The van der Waals surface area contributed by atoms with Gasteiger partial charge in [0.25, 0.3) is 0 Å². The molecule has 192 valence electrons. The Morgan fingerprint density at radius 2 is 1.89 bits per heavy atom. The molecule has 1 aliphatic carbocycles. The molecule has 0 spiro atoms. The summed E-state index contributed by atoms with van der Waals surface area (Å²) in [5.41, 5.74) is 1.79. The maximum atomic E-state index is 12.9. The molecule has 2 N–H and O–H groups in total. The first-order chi connectivity index (χ1) is 17.3. The maximum absolute atomic E-state index is 12.9. The summed E-state index contributed by atoms with van der Waals surface area (Å²) in [5, 5.41) is 16.0. The molecule has 0 bridgehead atoms. The number of halogens is 3. The summed E-state index contributed by atoms with van der Waals surface area (Å²) >= 11 is 0. The number of pyridine rings is 1. The number of anilines is 1. The van der Waals surface area contributed by atoms with Crippen LogP contribution in [0.1, 0.15) is 55.2 Å². The van der Waals surface area contributed by atoms with Gasteiger partial charge in [-0.1, -0.05) is 37.5 Å². The highest BCUT2D eigenvalue weighted by atomic mass is 19.4. The van der Waals surface area contributed by atoms with Gasteiger partial charge in [-0.3, -0.25) is 4.79 Å². The minimum atomic E-state index is -4.43. The predicted octanol–water partition coefficient (Wildman–Crippen LogP) is 5.19. The highest BCUT2D eigenvalue weighted by molar-refractivity contribution is 5.66. The maximum Gasteiger partial charge on any atom is 0.419 e. The van der Waals surface area contributed by atoms with Crippen molar-refractivity contribution in [3.8, 4) is 5.69 Å². The van der Waals surface area contributed by atoms with E-state index in [4.69, 9.17) is 10.1 Å². The van der Waals surface area contributed by atoms with Crippen molar-refractivity contribution in [2.24, 2.45) is 0 Å².